The van der Waals surface area contributed by atoms with Crippen molar-refractivity contribution in [2.45, 2.75) is 30.8 Å². The van der Waals surface area contributed by atoms with Gasteiger partial charge in [0.15, 0.2) is 0 Å². The number of hydrogen-bond acceptors (Lipinski definition) is 4. The minimum absolute atomic E-state index is 0.0167. The maximum Gasteiger partial charge on any atom is 0.241 e. The van der Waals surface area contributed by atoms with E-state index in [2.05, 4.69) is 10.8 Å². The molecule has 2 aromatic carbocycles. The zero-order valence-corrected chi connectivity index (χ0v) is 16.7. The summed E-state index contributed by atoms with van der Waals surface area (Å²) < 4.78 is 32.7. The van der Waals surface area contributed by atoms with Crippen LogP contribution in [0.5, 0.6) is 5.75 Å². The highest BCUT2D eigenvalue weighted by molar-refractivity contribution is 7.89. The summed E-state index contributed by atoms with van der Waals surface area (Å²) in [7, 11) is -2.44. The molecule has 1 aliphatic rings. The number of amides is 1. The fraction of sp³-hybridized carbons (Fsp3) is 0.316. The average Bonchev–Trinajstić information content (AvgIpc) is 2.66. The Morgan fingerprint density at radius 1 is 1.22 bits per heavy atom. The summed E-state index contributed by atoms with van der Waals surface area (Å²) in [5.74, 6) is 0.124. The van der Waals surface area contributed by atoms with Gasteiger partial charge in [-0.25, -0.2) is 8.42 Å². The van der Waals surface area contributed by atoms with Gasteiger partial charge in [-0.05, 0) is 42.7 Å². The molecule has 1 aliphatic heterocycles. The van der Waals surface area contributed by atoms with Gasteiger partial charge in [0.1, 0.15) is 5.75 Å². The SMILES string of the molecule is COc1ccc(S(=O)(=O)N[C@@H](C)C(=O)N2CCc3ccccc3C2)cc1Cl. The number of hydrogen-bond donors (Lipinski definition) is 1. The van der Waals surface area contributed by atoms with Crippen LogP contribution in [0.25, 0.3) is 0 Å². The van der Waals surface area contributed by atoms with Gasteiger partial charge >= 0.3 is 0 Å². The Labute approximate surface area is 164 Å². The molecule has 0 fully saturated rings. The molecule has 1 amide bonds. The summed E-state index contributed by atoms with van der Waals surface area (Å²) in [6, 6.07) is 11.2. The van der Waals surface area contributed by atoms with Crippen LogP contribution in [0.1, 0.15) is 18.1 Å². The van der Waals surface area contributed by atoms with E-state index in [1.165, 1.54) is 30.9 Å². The second-order valence-corrected chi connectivity index (χ2v) is 8.54. The lowest BCUT2D eigenvalue weighted by Crippen LogP contribution is -2.48. The monoisotopic (exact) mass is 408 g/mol. The Hall–Kier alpha value is -2.09. The highest BCUT2D eigenvalue weighted by Crippen LogP contribution is 2.27. The highest BCUT2D eigenvalue weighted by atomic mass is 35.5. The van der Waals surface area contributed by atoms with Crippen molar-refractivity contribution in [3.63, 3.8) is 0 Å². The van der Waals surface area contributed by atoms with E-state index in [0.29, 0.717) is 18.8 Å². The lowest BCUT2D eigenvalue weighted by molar-refractivity contribution is -0.133. The summed E-state index contributed by atoms with van der Waals surface area (Å²) in [5.41, 5.74) is 2.32. The number of carbonyl (C=O) groups is 1. The maximum atomic E-state index is 12.7. The second kappa shape index (κ2) is 7.88. The number of benzene rings is 2. The molecule has 0 spiro atoms. The molecule has 1 heterocycles. The first-order valence-electron chi connectivity index (χ1n) is 8.53. The zero-order chi connectivity index (χ0) is 19.6. The van der Waals surface area contributed by atoms with Crippen LogP contribution in [0, 0.1) is 0 Å². The average molecular weight is 409 g/mol. The zero-order valence-electron chi connectivity index (χ0n) is 15.1. The van der Waals surface area contributed by atoms with E-state index in [0.717, 1.165) is 12.0 Å². The molecule has 0 saturated carbocycles. The number of sulfonamides is 1. The normalized spacial score (nSPS) is 15.1. The quantitative estimate of drug-likeness (QED) is 0.825. The van der Waals surface area contributed by atoms with Crippen LogP contribution in [0.2, 0.25) is 5.02 Å². The Morgan fingerprint density at radius 3 is 2.59 bits per heavy atom. The Balaban J connectivity index is 1.71. The van der Waals surface area contributed by atoms with Crippen LogP contribution in [0.15, 0.2) is 47.4 Å². The fourth-order valence-electron chi connectivity index (χ4n) is 3.12. The summed E-state index contributed by atoms with van der Waals surface area (Å²) >= 11 is 6.01. The van der Waals surface area contributed by atoms with Crippen LogP contribution in [-0.2, 0) is 27.8 Å². The topological polar surface area (TPSA) is 75.7 Å². The van der Waals surface area contributed by atoms with Crippen molar-refractivity contribution < 1.29 is 17.9 Å². The van der Waals surface area contributed by atoms with Crippen molar-refractivity contribution >= 4 is 27.5 Å². The maximum absolute atomic E-state index is 12.7. The number of nitrogens with zero attached hydrogens (tertiary/aromatic N) is 1. The first-order valence-corrected chi connectivity index (χ1v) is 10.4. The molecule has 0 aromatic heterocycles. The highest BCUT2D eigenvalue weighted by Gasteiger charge is 2.28. The van der Waals surface area contributed by atoms with E-state index in [1.807, 2.05) is 18.2 Å². The minimum atomic E-state index is -3.89. The number of ether oxygens (including phenoxy) is 1. The molecule has 6 nitrogen and oxygen atoms in total. The molecule has 144 valence electrons. The molecule has 0 bridgehead atoms. The van der Waals surface area contributed by atoms with Gasteiger partial charge in [0.05, 0.1) is 23.1 Å². The first-order chi connectivity index (χ1) is 12.8. The number of halogens is 1. The fourth-order valence-corrected chi connectivity index (χ4v) is 4.67. The minimum Gasteiger partial charge on any atom is -0.495 e. The first kappa shape index (κ1) is 19.7. The smallest absolute Gasteiger partial charge is 0.241 e. The summed E-state index contributed by atoms with van der Waals surface area (Å²) in [4.78, 5) is 14.4. The molecule has 0 unspecified atom stereocenters. The van der Waals surface area contributed by atoms with Crippen molar-refractivity contribution in [3.05, 3.63) is 58.6 Å². The Morgan fingerprint density at radius 2 is 1.93 bits per heavy atom. The molecule has 27 heavy (non-hydrogen) atoms. The van der Waals surface area contributed by atoms with Crippen molar-refractivity contribution in [3.8, 4) is 5.75 Å². The molecule has 3 rings (SSSR count). The van der Waals surface area contributed by atoms with E-state index in [9.17, 15) is 13.2 Å². The number of methoxy groups -OCH3 is 1. The summed E-state index contributed by atoms with van der Waals surface area (Å²) in [6.45, 7) is 2.59. The van der Waals surface area contributed by atoms with Gasteiger partial charge < -0.3 is 9.64 Å². The molecule has 2 aromatic rings. The Bertz CT molecular complexity index is 962. The van der Waals surface area contributed by atoms with Crippen molar-refractivity contribution in [2.75, 3.05) is 13.7 Å². The van der Waals surface area contributed by atoms with Crippen LogP contribution < -0.4 is 9.46 Å². The van der Waals surface area contributed by atoms with Crippen molar-refractivity contribution in [1.29, 1.82) is 0 Å². The number of carbonyl (C=O) groups excluding carboxylic acids is 1. The standard InChI is InChI=1S/C19H21ClN2O4S/c1-13(19(23)22-10-9-14-5-3-4-6-15(14)12-22)21-27(24,25)16-7-8-18(26-2)17(20)11-16/h3-8,11,13,21H,9-10,12H2,1-2H3/t13-/m0/s1. The second-order valence-electron chi connectivity index (χ2n) is 6.42. The van der Waals surface area contributed by atoms with Gasteiger partial charge in [-0.3, -0.25) is 4.79 Å². The molecular formula is C19H21ClN2O4S. The molecule has 0 radical (unpaired) electrons. The van der Waals surface area contributed by atoms with Crippen LogP contribution in [0.3, 0.4) is 0 Å². The van der Waals surface area contributed by atoms with E-state index in [-0.39, 0.29) is 15.8 Å². The van der Waals surface area contributed by atoms with Gasteiger partial charge in [0.25, 0.3) is 0 Å². The Kier molecular flexibility index (Phi) is 5.74. The van der Waals surface area contributed by atoms with Gasteiger partial charge in [0, 0.05) is 13.1 Å². The summed E-state index contributed by atoms with van der Waals surface area (Å²) in [6.07, 6.45) is 0.759. The number of fused-ring (bicyclic) bond motifs is 1. The van der Waals surface area contributed by atoms with Gasteiger partial charge in [-0.1, -0.05) is 35.9 Å². The predicted octanol–water partition coefficient (Wildman–Crippen LogP) is 2.60. The van der Waals surface area contributed by atoms with Crippen LogP contribution in [0.4, 0.5) is 0 Å². The molecule has 1 N–H and O–H groups in total. The van der Waals surface area contributed by atoms with E-state index in [4.69, 9.17) is 16.3 Å². The third-order valence-electron chi connectivity index (χ3n) is 4.58. The van der Waals surface area contributed by atoms with E-state index >= 15 is 0 Å². The largest absolute Gasteiger partial charge is 0.495 e. The molecule has 0 aliphatic carbocycles. The number of nitrogens with one attached hydrogen (secondary N) is 1. The lowest BCUT2D eigenvalue weighted by Gasteiger charge is -2.31. The predicted molar refractivity (Wildman–Crippen MR) is 103 cm³/mol. The molecular weight excluding hydrogens is 388 g/mol. The van der Waals surface area contributed by atoms with E-state index < -0.39 is 16.1 Å². The van der Waals surface area contributed by atoms with E-state index in [1.54, 1.807) is 11.8 Å². The lowest BCUT2D eigenvalue weighted by atomic mass is 9.99. The van der Waals surface area contributed by atoms with Gasteiger partial charge in [0.2, 0.25) is 15.9 Å². The van der Waals surface area contributed by atoms with Crippen LogP contribution in [-0.4, -0.2) is 38.9 Å². The van der Waals surface area contributed by atoms with Gasteiger partial charge in [-0.2, -0.15) is 4.72 Å². The summed E-state index contributed by atoms with van der Waals surface area (Å²) in [5, 5.41) is 0.187. The van der Waals surface area contributed by atoms with Crippen molar-refractivity contribution in [1.82, 2.24) is 9.62 Å². The molecule has 8 heteroatoms. The van der Waals surface area contributed by atoms with Crippen LogP contribution >= 0.6 is 11.6 Å². The van der Waals surface area contributed by atoms with Crippen molar-refractivity contribution in [2.24, 2.45) is 0 Å². The number of rotatable bonds is 5. The van der Waals surface area contributed by atoms with Gasteiger partial charge in [-0.15, -0.1) is 0 Å². The third-order valence-corrected chi connectivity index (χ3v) is 6.41. The molecule has 0 saturated heterocycles. The third kappa shape index (κ3) is 4.26. The molecule has 1 atom stereocenters.